The van der Waals surface area contributed by atoms with Crippen LogP contribution in [-0.2, 0) is 15.4 Å². The van der Waals surface area contributed by atoms with Crippen LogP contribution in [0.15, 0.2) is 12.1 Å². The van der Waals surface area contributed by atoms with E-state index in [1.54, 1.807) is 7.11 Å². The van der Waals surface area contributed by atoms with Crippen molar-refractivity contribution in [3.8, 4) is 5.75 Å². The van der Waals surface area contributed by atoms with E-state index in [0.29, 0.717) is 32.3 Å². The highest BCUT2D eigenvalue weighted by Gasteiger charge is 2.04. The van der Waals surface area contributed by atoms with E-state index in [-0.39, 0.29) is 0 Å². The molecule has 0 spiro atoms. The molecule has 0 aliphatic carbocycles. The van der Waals surface area contributed by atoms with Crippen LogP contribution in [0.3, 0.4) is 0 Å². The fraction of sp³-hybridized carbons (Fsp3) is 0.615. The predicted octanol–water partition coefficient (Wildman–Crippen LogP) is 2.56. The van der Waals surface area contributed by atoms with Crippen LogP contribution in [0.4, 0.5) is 0 Å². The summed E-state index contributed by atoms with van der Waals surface area (Å²) in [6.45, 7) is 4.44. The summed E-state index contributed by atoms with van der Waals surface area (Å²) in [7, 11) is 1.66. The van der Waals surface area contributed by atoms with Crippen molar-refractivity contribution in [1.29, 1.82) is 0 Å². The van der Waals surface area contributed by atoms with Gasteiger partial charge in [0.2, 0.25) is 0 Å². The number of hydrogen-bond donors (Lipinski definition) is 0. The summed E-state index contributed by atoms with van der Waals surface area (Å²) in [4.78, 5) is 4.33. The molecule has 0 aliphatic rings. The standard InChI is InChI=1S/C13H20ClNO3/c1-11-4-5-13(12(10-14)15-11)18-7-3-6-17-9-8-16-2/h4-5H,3,6-10H2,1-2H3. The van der Waals surface area contributed by atoms with Gasteiger partial charge in [0.15, 0.2) is 0 Å². The quantitative estimate of drug-likeness (QED) is 0.512. The first kappa shape index (κ1) is 15.2. The van der Waals surface area contributed by atoms with Crippen LogP contribution in [0.1, 0.15) is 17.8 Å². The number of alkyl halides is 1. The molecule has 102 valence electrons. The van der Waals surface area contributed by atoms with E-state index in [1.807, 2.05) is 19.1 Å². The Bertz CT molecular complexity index is 347. The molecule has 1 heterocycles. The van der Waals surface area contributed by atoms with E-state index in [9.17, 15) is 0 Å². The fourth-order valence-electron chi connectivity index (χ4n) is 1.41. The largest absolute Gasteiger partial charge is 0.492 e. The van der Waals surface area contributed by atoms with Crippen LogP contribution in [0.25, 0.3) is 0 Å². The first-order chi connectivity index (χ1) is 8.77. The Morgan fingerprint density at radius 1 is 1.17 bits per heavy atom. The summed E-state index contributed by atoms with van der Waals surface area (Å²) in [5.74, 6) is 1.12. The van der Waals surface area contributed by atoms with Crippen molar-refractivity contribution in [1.82, 2.24) is 4.98 Å². The zero-order valence-corrected chi connectivity index (χ0v) is 11.7. The number of nitrogens with zero attached hydrogens (tertiary/aromatic N) is 1. The molecule has 1 aromatic rings. The first-order valence-corrected chi connectivity index (χ1v) is 6.53. The summed E-state index contributed by atoms with van der Waals surface area (Å²) in [5.41, 5.74) is 1.73. The number of halogens is 1. The van der Waals surface area contributed by atoms with Crippen LogP contribution >= 0.6 is 11.6 Å². The summed E-state index contributed by atoms with van der Waals surface area (Å²) in [6.07, 6.45) is 0.833. The van der Waals surface area contributed by atoms with E-state index in [0.717, 1.165) is 23.6 Å². The molecule has 0 N–H and O–H groups in total. The van der Waals surface area contributed by atoms with Gasteiger partial charge in [-0.15, -0.1) is 11.6 Å². The molecule has 4 nitrogen and oxygen atoms in total. The highest BCUT2D eigenvalue weighted by atomic mass is 35.5. The Kier molecular flexibility index (Phi) is 7.73. The number of rotatable bonds is 9. The Balaban J connectivity index is 2.22. The van der Waals surface area contributed by atoms with Gasteiger partial charge in [-0.1, -0.05) is 0 Å². The van der Waals surface area contributed by atoms with Gasteiger partial charge in [-0.25, -0.2) is 0 Å². The molecule has 0 bridgehead atoms. The lowest BCUT2D eigenvalue weighted by molar-refractivity contribution is 0.0644. The minimum absolute atomic E-state index is 0.362. The molecular weight excluding hydrogens is 254 g/mol. The van der Waals surface area contributed by atoms with Gasteiger partial charge >= 0.3 is 0 Å². The summed E-state index contributed by atoms with van der Waals surface area (Å²) in [5, 5.41) is 0. The molecule has 0 saturated carbocycles. The van der Waals surface area contributed by atoms with Gasteiger partial charge in [-0.05, 0) is 19.1 Å². The lowest BCUT2D eigenvalue weighted by atomic mass is 10.3. The first-order valence-electron chi connectivity index (χ1n) is 6.00. The molecular formula is C13H20ClNO3. The molecule has 18 heavy (non-hydrogen) atoms. The smallest absolute Gasteiger partial charge is 0.142 e. The van der Waals surface area contributed by atoms with Crippen LogP contribution in [0.2, 0.25) is 0 Å². The summed E-state index contributed by atoms with van der Waals surface area (Å²) < 4.78 is 15.9. The molecule has 0 atom stereocenters. The van der Waals surface area contributed by atoms with Gasteiger partial charge < -0.3 is 14.2 Å². The molecule has 1 aromatic heterocycles. The summed E-state index contributed by atoms with van der Waals surface area (Å²) in [6, 6.07) is 3.83. The highest BCUT2D eigenvalue weighted by molar-refractivity contribution is 6.17. The number of hydrogen-bond acceptors (Lipinski definition) is 4. The molecule has 0 radical (unpaired) electrons. The number of aryl methyl sites for hydroxylation is 1. The van der Waals surface area contributed by atoms with Crippen molar-refractivity contribution in [3.05, 3.63) is 23.5 Å². The van der Waals surface area contributed by atoms with Crippen LogP contribution in [0, 0.1) is 6.92 Å². The topological polar surface area (TPSA) is 40.6 Å². The molecule has 0 aliphatic heterocycles. The van der Waals surface area contributed by atoms with E-state index < -0.39 is 0 Å². The van der Waals surface area contributed by atoms with Crippen molar-refractivity contribution in [2.75, 3.05) is 33.5 Å². The van der Waals surface area contributed by atoms with Crippen molar-refractivity contribution >= 4 is 11.6 Å². The molecule has 0 aromatic carbocycles. The number of ether oxygens (including phenoxy) is 3. The van der Waals surface area contributed by atoms with Crippen molar-refractivity contribution in [2.45, 2.75) is 19.2 Å². The maximum absolute atomic E-state index is 5.82. The van der Waals surface area contributed by atoms with Crippen molar-refractivity contribution in [2.24, 2.45) is 0 Å². The molecule has 5 heteroatoms. The van der Waals surface area contributed by atoms with Crippen LogP contribution in [0.5, 0.6) is 5.75 Å². The van der Waals surface area contributed by atoms with Gasteiger partial charge in [0.05, 0.1) is 31.4 Å². The zero-order chi connectivity index (χ0) is 13.2. The molecule has 0 saturated heterocycles. The second-order valence-electron chi connectivity index (χ2n) is 3.84. The number of pyridine rings is 1. The second kappa shape index (κ2) is 9.14. The second-order valence-corrected chi connectivity index (χ2v) is 4.11. The van der Waals surface area contributed by atoms with Crippen LogP contribution < -0.4 is 4.74 Å². The normalized spacial score (nSPS) is 10.6. The van der Waals surface area contributed by atoms with Crippen LogP contribution in [-0.4, -0.2) is 38.5 Å². The number of methoxy groups -OCH3 is 1. The molecule has 0 fully saturated rings. The Hall–Kier alpha value is -0.840. The highest BCUT2D eigenvalue weighted by Crippen LogP contribution is 2.18. The Labute approximate surface area is 113 Å². The average molecular weight is 274 g/mol. The lowest BCUT2D eigenvalue weighted by Gasteiger charge is -2.10. The lowest BCUT2D eigenvalue weighted by Crippen LogP contribution is -2.07. The van der Waals surface area contributed by atoms with E-state index in [1.165, 1.54) is 0 Å². The minimum atomic E-state index is 0.362. The predicted molar refractivity (Wildman–Crippen MR) is 71.3 cm³/mol. The van der Waals surface area contributed by atoms with Gasteiger partial charge in [0.25, 0.3) is 0 Å². The fourth-order valence-corrected chi connectivity index (χ4v) is 1.60. The van der Waals surface area contributed by atoms with Gasteiger partial charge in [-0.3, -0.25) is 4.98 Å². The van der Waals surface area contributed by atoms with Gasteiger partial charge in [0, 0.05) is 25.8 Å². The Morgan fingerprint density at radius 2 is 2.00 bits per heavy atom. The van der Waals surface area contributed by atoms with Crippen molar-refractivity contribution in [3.63, 3.8) is 0 Å². The van der Waals surface area contributed by atoms with Crippen molar-refractivity contribution < 1.29 is 14.2 Å². The molecule has 1 rings (SSSR count). The van der Waals surface area contributed by atoms with E-state index >= 15 is 0 Å². The minimum Gasteiger partial charge on any atom is -0.492 e. The van der Waals surface area contributed by atoms with E-state index in [4.69, 9.17) is 25.8 Å². The monoisotopic (exact) mass is 273 g/mol. The van der Waals surface area contributed by atoms with Gasteiger partial charge in [0.1, 0.15) is 5.75 Å². The average Bonchev–Trinajstić information content (AvgIpc) is 2.39. The van der Waals surface area contributed by atoms with Gasteiger partial charge in [-0.2, -0.15) is 0 Å². The maximum atomic E-state index is 5.82. The third-order valence-electron chi connectivity index (χ3n) is 2.32. The van der Waals surface area contributed by atoms with E-state index in [2.05, 4.69) is 4.98 Å². The molecule has 0 unspecified atom stereocenters. The summed E-state index contributed by atoms with van der Waals surface area (Å²) >= 11 is 5.82. The third-order valence-corrected chi connectivity index (χ3v) is 2.57. The zero-order valence-electron chi connectivity index (χ0n) is 10.9. The SMILES string of the molecule is COCCOCCCOc1ccc(C)nc1CCl. The Morgan fingerprint density at radius 3 is 2.72 bits per heavy atom. The third kappa shape index (κ3) is 5.67. The maximum Gasteiger partial charge on any atom is 0.142 e. The molecule has 0 amide bonds. The number of aromatic nitrogens is 1.